The standard InChI is InChI=1S/C18H26N2O3/c1-13(2)12-23-18(19-11-16-5-4-10-22-16)20-17(21)15-8-6-14(3)7-9-15/h6-9,13,16H,4-5,10-12H2,1-3H3,(H,19,20,21). The first kappa shape index (κ1) is 17.5. The molecule has 1 saturated heterocycles. The predicted molar refractivity (Wildman–Crippen MR) is 90.7 cm³/mol. The Morgan fingerprint density at radius 1 is 1.39 bits per heavy atom. The number of aliphatic imine (C=N–C) groups is 1. The molecule has 1 aliphatic heterocycles. The van der Waals surface area contributed by atoms with Gasteiger partial charge in [-0.15, -0.1) is 0 Å². The van der Waals surface area contributed by atoms with E-state index in [2.05, 4.69) is 24.2 Å². The molecule has 2 rings (SSSR count). The summed E-state index contributed by atoms with van der Waals surface area (Å²) in [7, 11) is 0. The molecule has 1 unspecified atom stereocenters. The molecule has 0 aromatic heterocycles. The molecule has 0 bridgehead atoms. The molecule has 126 valence electrons. The van der Waals surface area contributed by atoms with Gasteiger partial charge in [0.2, 0.25) is 0 Å². The van der Waals surface area contributed by atoms with E-state index < -0.39 is 0 Å². The number of hydrogen-bond donors (Lipinski definition) is 1. The number of rotatable bonds is 5. The first-order chi connectivity index (χ1) is 11.0. The fourth-order valence-electron chi connectivity index (χ4n) is 2.21. The van der Waals surface area contributed by atoms with E-state index in [4.69, 9.17) is 9.47 Å². The molecule has 1 fully saturated rings. The van der Waals surface area contributed by atoms with Gasteiger partial charge in [-0.05, 0) is 37.8 Å². The van der Waals surface area contributed by atoms with Crippen LogP contribution < -0.4 is 5.32 Å². The molecule has 1 heterocycles. The third kappa shape index (κ3) is 6.02. The van der Waals surface area contributed by atoms with E-state index in [1.807, 2.05) is 19.1 Å². The minimum atomic E-state index is -0.208. The zero-order valence-corrected chi connectivity index (χ0v) is 14.2. The highest BCUT2D eigenvalue weighted by Crippen LogP contribution is 2.12. The van der Waals surface area contributed by atoms with E-state index >= 15 is 0 Å². The highest BCUT2D eigenvalue weighted by atomic mass is 16.5. The Bertz CT molecular complexity index is 532. The minimum Gasteiger partial charge on any atom is -0.465 e. The zero-order chi connectivity index (χ0) is 16.7. The Kier molecular flexibility index (Phi) is 6.59. The van der Waals surface area contributed by atoms with E-state index in [0.29, 0.717) is 24.6 Å². The Morgan fingerprint density at radius 3 is 2.74 bits per heavy atom. The van der Waals surface area contributed by atoms with Crippen LogP contribution in [0.25, 0.3) is 0 Å². The van der Waals surface area contributed by atoms with Crippen LogP contribution in [0.1, 0.15) is 42.6 Å². The fraction of sp³-hybridized carbons (Fsp3) is 0.556. The molecule has 0 spiro atoms. The van der Waals surface area contributed by atoms with Gasteiger partial charge in [0.05, 0.1) is 19.3 Å². The number of ether oxygens (including phenoxy) is 2. The summed E-state index contributed by atoms with van der Waals surface area (Å²) in [5.74, 6) is 0.152. The van der Waals surface area contributed by atoms with Crippen LogP contribution in [0, 0.1) is 12.8 Å². The number of nitrogens with zero attached hydrogens (tertiary/aromatic N) is 1. The molecular formula is C18H26N2O3. The Balaban J connectivity index is 1.98. The maximum Gasteiger partial charge on any atom is 0.291 e. The van der Waals surface area contributed by atoms with Crippen molar-refractivity contribution in [3.8, 4) is 0 Å². The highest BCUT2D eigenvalue weighted by molar-refractivity contribution is 6.04. The van der Waals surface area contributed by atoms with Crippen molar-refractivity contribution in [2.24, 2.45) is 10.9 Å². The van der Waals surface area contributed by atoms with Crippen molar-refractivity contribution >= 4 is 11.9 Å². The second kappa shape index (κ2) is 8.67. The largest absolute Gasteiger partial charge is 0.465 e. The molecule has 23 heavy (non-hydrogen) atoms. The van der Waals surface area contributed by atoms with E-state index in [9.17, 15) is 4.79 Å². The lowest BCUT2D eigenvalue weighted by Gasteiger charge is -2.14. The summed E-state index contributed by atoms with van der Waals surface area (Å²) in [5, 5.41) is 2.77. The summed E-state index contributed by atoms with van der Waals surface area (Å²) in [5.41, 5.74) is 1.71. The van der Waals surface area contributed by atoms with E-state index in [1.165, 1.54) is 0 Å². The molecule has 1 aromatic rings. The van der Waals surface area contributed by atoms with Crippen molar-refractivity contribution in [2.75, 3.05) is 19.8 Å². The van der Waals surface area contributed by atoms with Crippen LogP contribution in [-0.4, -0.2) is 37.8 Å². The van der Waals surface area contributed by atoms with Crippen molar-refractivity contribution in [1.82, 2.24) is 5.32 Å². The van der Waals surface area contributed by atoms with Crippen molar-refractivity contribution in [3.05, 3.63) is 35.4 Å². The number of carbonyl (C=O) groups is 1. The number of hydrogen-bond acceptors (Lipinski definition) is 4. The lowest BCUT2D eigenvalue weighted by atomic mass is 10.1. The molecule has 5 nitrogen and oxygen atoms in total. The van der Waals surface area contributed by atoms with Gasteiger partial charge in [0.15, 0.2) is 0 Å². The third-order valence-electron chi connectivity index (χ3n) is 3.55. The topological polar surface area (TPSA) is 59.9 Å². The van der Waals surface area contributed by atoms with Crippen LogP contribution in [0.4, 0.5) is 0 Å². The van der Waals surface area contributed by atoms with Gasteiger partial charge in [0, 0.05) is 12.2 Å². The van der Waals surface area contributed by atoms with Gasteiger partial charge in [-0.25, -0.2) is 4.99 Å². The Labute approximate surface area is 138 Å². The van der Waals surface area contributed by atoms with Crippen LogP contribution >= 0.6 is 0 Å². The zero-order valence-electron chi connectivity index (χ0n) is 14.2. The SMILES string of the molecule is Cc1ccc(C(=O)NC(=NCC2CCCO2)OCC(C)C)cc1. The number of amides is 1. The van der Waals surface area contributed by atoms with Crippen LogP contribution in [0.3, 0.4) is 0 Å². The summed E-state index contributed by atoms with van der Waals surface area (Å²) in [6.45, 7) is 7.92. The van der Waals surface area contributed by atoms with Crippen LogP contribution in [0.2, 0.25) is 0 Å². The average molecular weight is 318 g/mol. The Hall–Kier alpha value is -1.88. The molecule has 0 radical (unpaired) electrons. The predicted octanol–water partition coefficient (Wildman–Crippen LogP) is 2.93. The fourth-order valence-corrected chi connectivity index (χ4v) is 2.21. The number of aryl methyl sites for hydroxylation is 1. The minimum absolute atomic E-state index is 0.129. The summed E-state index contributed by atoms with van der Waals surface area (Å²) in [4.78, 5) is 16.7. The molecule has 0 aliphatic carbocycles. The summed E-state index contributed by atoms with van der Waals surface area (Å²) < 4.78 is 11.2. The molecule has 5 heteroatoms. The lowest BCUT2D eigenvalue weighted by Crippen LogP contribution is -2.34. The van der Waals surface area contributed by atoms with Gasteiger partial charge < -0.3 is 9.47 Å². The monoisotopic (exact) mass is 318 g/mol. The van der Waals surface area contributed by atoms with Gasteiger partial charge >= 0.3 is 0 Å². The second-order valence-corrected chi connectivity index (χ2v) is 6.31. The van der Waals surface area contributed by atoms with Gasteiger partial charge in [-0.1, -0.05) is 31.5 Å². The van der Waals surface area contributed by atoms with Crippen LogP contribution in [0.15, 0.2) is 29.3 Å². The second-order valence-electron chi connectivity index (χ2n) is 6.31. The first-order valence-electron chi connectivity index (χ1n) is 8.21. The average Bonchev–Trinajstić information content (AvgIpc) is 3.03. The maximum absolute atomic E-state index is 12.3. The number of nitrogens with one attached hydrogen (secondary N) is 1. The molecule has 1 atom stereocenters. The smallest absolute Gasteiger partial charge is 0.291 e. The molecule has 1 amide bonds. The molecule has 1 aromatic carbocycles. The molecule has 1 aliphatic rings. The van der Waals surface area contributed by atoms with E-state index in [-0.39, 0.29) is 18.0 Å². The van der Waals surface area contributed by atoms with Crippen LogP contribution in [0.5, 0.6) is 0 Å². The molecule has 0 saturated carbocycles. The van der Waals surface area contributed by atoms with Gasteiger partial charge in [0.1, 0.15) is 0 Å². The maximum atomic E-state index is 12.3. The van der Waals surface area contributed by atoms with Crippen LogP contribution in [-0.2, 0) is 9.47 Å². The van der Waals surface area contributed by atoms with E-state index in [1.54, 1.807) is 12.1 Å². The quantitative estimate of drug-likeness (QED) is 0.671. The summed E-state index contributed by atoms with van der Waals surface area (Å²) >= 11 is 0. The molecule has 1 N–H and O–H groups in total. The summed E-state index contributed by atoms with van der Waals surface area (Å²) in [6.07, 6.45) is 2.20. The lowest BCUT2D eigenvalue weighted by molar-refractivity contribution is 0.0960. The third-order valence-corrected chi connectivity index (χ3v) is 3.55. The van der Waals surface area contributed by atoms with Crippen molar-refractivity contribution in [3.63, 3.8) is 0 Å². The highest BCUT2D eigenvalue weighted by Gasteiger charge is 2.16. The first-order valence-corrected chi connectivity index (χ1v) is 8.21. The summed E-state index contributed by atoms with van der Waals surface area (Å²) in [6, 6.07) is 7.69. The van der Waals surface area contributed by atoms with E-state index in [0.717, 1.165) is 25.0 Å². The van der Waals surface area contributed by atoms with Crippen molar-refractivity contribution in [2.45, 2.75) is 39.7 Å². The normalized spacial score (nSPS) is 18.3. The number of benzene rings is 1. The molecular weight excluding hydrogens is 292 g/mol. The van der Waals surface area contributed by atoms with Crippen molar-refractivity contribution in [1.29, 1.82) is 0 Å². The Morgan fingerprint density at radius 2 is 2.13 bits per heavy atom. The number of amidine groups is 1. The van der Waals surface area contributed by atoms with Gasteiger partial charge in [0.25, 0.3) is 11.9 Å². The number of carbonyl (C=O) groups excluding carboxylic acids is 1. The van der Waals surface area contributed by atoms with Gasteiger partial charge in [-0.2, -0.15) is 0 Å². The van der Waals surface area contributed by atoms with Crippen molar-refractivity contribution < 1.29 is 14.3 Å². The van der Waals surface area contributed by atoms with Gasteiger partial charge in [-0.3, -0.25) is 10.1 Å².